The van der Waals surface area contributed by atoms with Crippen molar-refractivity contribution in [1.82, 2.24) is 20.0 Å². The Morgan fingerprint density at radius 2 is 2.03 bits per heavy atom. The third-order valence-electron chi connectivity index (χ3n) is 6.01. The summed E-state index contributed by atoms with van der Waals surface area (Å²) in [6.07, 6.45) is 7.56. The monoisotopic (exact) mass is 393 g/mol. The molecule has 0 saturated carbocycles. The first-order chi connectivity index (χ1) is 14.3. The van der Waals surface area contributed by atoms with Gasteiger partial charge in [0.25, 0.3) is 5.91 Å². The Labute approximate surface area is 174 Å². The molecule has 1 N–H and O–H groups in total. The second-order valence-electron chi connectivity index (χ2n) is 8.03. The lowest BCUT2D eigenvalue weighted by Crippen LogP contribution is -2.38. The van der Waals surface area contributed by atoms with Crippen molar-refractivity contribution in [2.75, 3.05) is 19.6 Å². The number of unbranched alkanes of at least 4 members (excludes halogenated alkanes) is 1. The molecule has 6 nitrogen and oxygen atoms in total. The van der Waals surface area contributed by atoms with E-state index >= 15 is 0 Å². The van der Waals surface area contributed by atoms with Crippen LogP contribution in [0.25, 0.3) is 5.69 Å². The summed E-state index contributed by atoms with van der Waals surface area (Å²) in [6, 6.07) is 12.7. The lowest BCUT2D eigenvalue weighted by Gasteiger charge is -2.27. The molecule has 1 atom stereocenters. The molecule has 1 aromatic heterocycles. The van der Waals surface area contributed by atoms with Crippen LogP contribution in [0.4, 0.5) is 0 Å². The highest BCUT2D eigenvalue weighted by Gasteiger charge is 2.31. The molecule has 2 aromatic rings. The third kappa shape index (κ3) is 4.35. The first kappa shape index (κ1) is 19.7. The largest absolute Gasteiger partial charge is 0.337 e. The van der Waals surface area contributed by atoms with Gasteiger partial charge in [0.15, 0.2) is 5.69 Å². The van der Waals surface area contributed by atoms with Crippen LogP contribution in [0.3, 0.4) is 0 Å². The molecule has 2 heterocycles. The van der Waals surface area contributed by atoms with Crippen LogP contribution in [-0.2, 0) is 12.8 Å². The molecular formula is C23H31N5O. The smallest absolute Gasteiger partial charge is 0.274 e. The number of amides is 1. The number of hydrogen-bond donors (Lipinski definition) is 1. The number of nitriles is 1. The highest BCUT2D eigenvalue weighted by atomic mass is 16.2. The van der Waals surface area contributed by atoms with E-state index in [0.717, 1.165) is 69.4 Å². The zero-order valence-corrected chi connectivity index (χ0v) is 16.9. The molecule has 154 valence electrons. The van der Waals surface area contributed by atoms with Crippen molar-refractivity contribution in [3.8, 4) is 11.8 Å². The summed E-state index contributed by atoms with van der Waals surface area (Å²) in [7, 11) is 0. The van der Waals surface area contributed by atoms with Gasteiger partial charge in [-0.3, -0.25) is 4.79 Å². The fourth-order valence-electron chi connectivity index (χ4n) is 4.47. The number of aromatic nitrogens is 2. The molecule has 1 aromatic carbocycles. The number of hydrogen-bond acceptors (Lipinski definition) is 4. The number of fused-ring (bicyclic) bond motifs is 1. The van der Waals surface area contributed by atoms with Gasteiger partial charge < -0.3 is 10.2 Å². The average molecular weight is 394 g/mol. The number of nitrogens with zero attached hydrogens (tertiary/aromatic N) is 4. The number of carbonyl (C=O) groups excluding carboxylic acids is 1. The minimum absolute atomic E-state index is 0. The Balaban J connectivity index is 0.00000256. The van der Waals surface area contributed by atoms with Crippen LogP contribution < -0.4 is 5.32 Å². The van der Waals surface area contributed by atoms with E-state index in [9.17, 15) is 4.79 Å². The lowest BCUT2D eigenvalue weighted by atomic mass is 9.90. The first-order valence-electron chi connectivity index (χ1n) is 10.8. The molecule has 1 fully saturated rings. The zero-order chi connectivity index (χ0) is 20.1. The molecule has 1 unspecified atom stereocenters. The van der Waals surface area contributed by atoms with E-state index in [1.54, 1.807) is 0 Å². The number of para-hydroxylation sites is 1. The maximum absolute atomic E-state index is 13.3. The highest BCUT2D eigenvalue weighted by Crippen LogP contribution is 2.28. The average Bonchev–Trinajstić information content (AvgIpc) is 3.16. The maximum Gasteiger partial charge on any atom is 0.274 e. The maximum atomic E-state index is 13.3. The Hall–Kier alpha value is -2.65. The summed E-state index contributed by atoms with van der Waals surface area (Å²) in [6.45, 7) is 2.51. The highest BCUT2D eigenvalue weighted by molar-refractivity contribution is 5.94. The fourth-order valence-corrected chi connectivity index (χ4v) is 4.47. The van der Waals surface area contributed by atoms with Gasteiger partial charge >= 0.3 is 0 Å². The van der Waals surface area contributed by atoms with Crippen molar-refractivity contribution in [2.24, 2.45) is 0 Å². The van der Waals surface area contributed by atoms with Crippen molar-refractivity contribution < 1.29 is 6.22 Å². The summed E-state index contributed by atoms with van der Waals surface area (Å²) in [5, 5.41) is 17.1. The van der Waals surface area contributed by atoms with Crippen molar-refractivity contribution in [3.05, 3.63) is 47.3 Å². The summed E-state index contributed by atoms with van der Waals surface area (Å²) in [5.41, 5.74) is 3.93. The Kier molecular flexibility index (Phi) is 6.26. The minimum Gasteiger partial charge on any atom is -0.337 e. The van der Waals surface area contributed by atoms with E-state index in [0.29, 0.717) is 18.2 Å². The van der Waals surface area contributed by atoms with Crippen LogP contribution in [0.1, 0.15) is 61.7 Å². The molecule has 0 spiro atoms. The zero-order valence-electron chi connectivity index (χ0n) is 16.9. The Morgan fingerprint density at radius 3 is 2.79 bits per heavy atom. The molecular weight excluding hydrogens is 362 g/mol. The van der Waals surface area contributed by atoms with Gasteiger partial charge in [-0.05, 0) is 63.6 Å². The van der Waals surface area contributed by atoms with Gasteiger partial charge in [0, 0.05) is 38.2 Å². The van der Waals surface area contributed by atoms with Gasteiger partial charge in [-0.15, -0.1) is 0 Å². The third-order valence-corrected chi connectivity index (χ3v) is 6.01. The fraction of sp³-hybridized carbons (Fsp3) is 0.522. The molecule has 6 heteroatoms. The number of piperidine rings is 1. The summed E-state index contributed by atoms with van der Waals surface area (Å²) < 4.78 is 1.98. The topological polar surface area (TPSA) is 74.0 Å². The van der Waals surface area contributed by atoms with Gasteiger partial charge in [-0.1, -0.05) is 18.2 Å². The SMILES string of the molecule is N#CCCCNC1CCc2c(c(C(=O)N3CCCCC3)nn2-c2ccccc2)C1.[HH]. The first-order valence-corrected chi connectivity index (χ1v) is 10.8. The van der Waals surface area contributed by atoms with E-state index in [4.69, 9.17) is 10.4 Å². The summed E-state index contributed by atoms with van der Waals surface area (Å²) in [4.78, 5) is 15.3. The minimum atomic E-state index is 0. The predicted octanol–water partition coefficient (Wildman–Crippen LogP) is 3.50. The van der Waals surface area contributed by atoms with Crippen LogP contribution in [0.5, 0.6) is 0 Å². The van der Waals surface area contributed by atoms with Crippen molar-refractivity contribution in [3.63, 3.8) is 0 Å². The van der Waals surface area contributed by atoms with Gasteiger partial charge in [0.05, 0.1) is 11.8 Å². The molecule has 1 amide bonds. The quantitative estimate of drug-likeness (QED) is 0.763. The second-order valence-corrected chi connectivity index (χ2v) is 8.03. The van der Waals surface area contributed by atoms with Gasteiger partial charge in [0.1, 0.15) is 0 Å². The van der Waals surface area contributed by atoms with Crippen LogP contribution in [0.15, 0.2) is 30.3 Å². The Bertz CT molecular complexity index is 883. The van der Waals surface area contributed by atoms with Gasteiger partial charge in [0.2, 0.25) is 0 Å². The molecule has 29 heavy (non-hydrogen) atoms. The second kappa shape index (κ2) is 9.23. The standard InChI is InChI=1S/C23H29N5O.H2/c24-13-5-6-14-25-18-11-12-21-20(17-18)22(23(29)27-15-7-2-8-16-27)26-28(21)19-9-3-1-4-10-19;/h1,3-4,9-10,18,25H,2,5-8,11-12,14-17H2;1H. The van der Waals surface area contributed by atoms with Crippen molar-refractivity contribution in [2.45, 2.75) is 57.4 Å². The number of nitrogens with one attached hydrogen (secondary N) is 1. The van der Waals surface area contributed by atoms with E-state index in [2.05, 4.69) is 23.5 Å². The Morgan fingerprint density at radius 1 is 1.24 bits per heavy atom. The van der Waals surface area contributed by atoms with Crippen LogP contribution in [-0.4, -0.2) is 46.3 Å². The lowest BCUT2D eigenvalue weighted by molar-refractivity contribution is 0.0716. The normalized spacial score (nSPS) is 18.9. The van der Waals surface area contributed by atoms with E-state index < -0.39 is 0 Å². The van der Waals surface area contributed by atoms with Crippen molar-refractivity contribution in [1.29, 1.82) is 5.26 Å². The molecule has 4 rings (SSSR count). The van der Waals surface area contributed by atoms with E-state index in [1.807, 2.05) is 27.8 Å². The van der Waals surface area contributed by atoms with E-state index in [-0.39, 0.29) is 7.33 Å². The number of rotatable bonds is 6. The summed E-state index contributed by atoms with van der Waals surface area (Å²) in [5.74, 6) is 0.0840. The predicted molar refractivity (Wildman–Crippen MR) is 114 cm³/mol. The number of likely N-dealkylation sites (tertiary alicyclic amines) is 1. The number of benzene rings is 1. The van der Waals surface area contributed by atoms with Gasteiger partial charge in [-0.25, -0.2) is 4.68 Å². The summed E-state index contributed by atoms with van der Waals surface area (Å²) >= 11 is 0. The van der Waals surface area contributed by atoms with Crippen LogP contribution >= 0.6 is 0 Å². The van der Waals surface area contributed by atoms with Crippen LogP contribution in [0, 0.1) is 11.3 Å². The van der Waals surface area contributed by atoms with Gasteiger partial charge in [-0.2, -0.15) is 10.4 Å². The molecule has 0 radical (unpaired) electrons. The molecule has 1 saturated heterocycles. The molecule has 2 aliphatic rings. The van der Waals surface area contributed by atoms with Crippen molar-refractivity contribution >= 4 is 5.91 Å². The number of carbonyl (C=O) groups is 1. The molecule has 0 bridgehead atoms. The van der Waals surface area contributed by atoms with Crippen LogP contribution in [0.2, 0.25) is 0 Å². The molecule has 1 aliphatic heterocycles. The molecule has 1 aliphatic carbocycles. The van der Waals surface area contributed by atoms with E-state index in [1.165, 1.54) is 12.1 Å².